The van der Waals surface area contributed by atoms with E-state index in [0.29, 0.717) is 6.92 Å². The van der Waals surface area contributed by atoms with Crippen LogP contribution < -0.4 is 15.4 Å². The Morgan fingerprint density at radius 3 is 2.17 bits per heavy atom. The zero-order valence-electron chi connectivity index (χ0n) is 20.6. The van der Waals surface area contributed by atoms with Crippen molar-refractivity contribution in [1.29, 1.82) is 0 Å². The molecule has 0 aromatic heterocycles. The number of hydrogen-bond donors (Lipinski definition) is 2. The Bertz CT molecular complexity index is 1020. The van der Waals surface area contributed by atoms with E-state index in [9.17, 15) is 27.6 Å². The van der Waals surface area contributed by atoms with Crippen LogP contribution in [-0.4, -0.2) is 55.7 Å². The third kappa shape index (κ3) is 8.99. The summed E-state index contributed by atoms with van der Waals surface area (Å²) in [5.41, 5.74) is 1.09. The van der Waals surface area contributed by atoms with Gasteiger partial charge in [-0.2, -0.15) is 13.2 Å². The highest BCUT2D eigenvalue weighted by Crippen LogP contribution is 2.29. The Balaban J connectivity index is 0.000000425. The summed E-state index contributed by atoms with van der Waals surface area (Å²) in [6.45, 7) is 3.95. The minimum Gasteiger partial charge on any atom is -0.497 e. The molecule has 2 amide bonds. The van der Waals surface area contributed by atoms with Crippen molar-refractivity contribution in [3.63, 3.8) is 0 Å². The summed E-state index contributed by atoms with van der Waals surface area (Å²) in [6, 6.07) is 16.0. The first-order valence-electron chi connectivity index (χ1n) is 11.3. The van der Waals surface area contributed by atoms with Crippen molar-refractivity contribution in [2.24, 2.45) is 5.92 Å². The lowest BCUT2D eigenvalue weighted by atomic mass is 9.95. The van der Waals surface area contributed by atoms with Crippen LogP contribution >= 0.6 is 0 Å². The molecule has 3 rings (SSSR count). The van der Waals surface area contributed by atoms with E-state index < -0.39 is 42.1 Å². The van der Waals surface area contributed by atoms with Gasteiger partial charge in [-0.05, 0) is 44.9 Å². The predicted molar refractivity (Wildman–Crippen MR) is 127 cm³/mol. The summed E-state index contributed by atoms with van der Waals surface area (Å²) in [6.07, 6.45) is -4.48. The lowest BCUT2D eigenvalue weighted by Crippen LogP contribution is -2.50. The fraction of sp³-hybridized carbons (Fsp3) is 0.423. The highest BCUT2D eigenvalue weighted by Gasteiger charge is 2.50. The molecule has 2 aromatic rings. The number of Topliss-reactive ketones (excluding diaryl/α,β-unsaturated/α-hetero) is 1. The molecule has 1 saturated heterocycles. The number of alkyl halides is 3. The van der Waals surface area contributed by atoms with Crippen LogP contribution in [0.25, 0.3) is 0 Å². The Hall–Kier alpha value is -3.40. The normalized spacial score (nSPS) is 18.1. The number of benzene rings is 2. The molecule has 0 bridgehead atoms. The van der Waals surface area contributed by atoms with Crippen LogP contribution in [0.1, 0.15) is 25.0 Å². The van der Waals surface area contributed by atoms with Crippen molar-refractivity contribution in [3.8, 4) is 5.75 Å². The zero-order chi connectivity index (χ0) is 26.9. The van der Waals surface area contributed by atoms with E-state index in [1.807, 2.05) is 35.6 Å². The molecule has 1 heterocycles. The van der Waals surface area contributed by atoms with Gasteiger partial charge in [0.2, 0.25) is 11.8 Å². The van der Waals surface area contributed by atoms with E-state index in [1.54, 1.807) is 38.3 Å². The highest BCUT2D eigenvalue weighted by atomic mass is 19.4. The standard InChI is InChI=1S/C18H21F3N2O4.C8H10O/c1-11(18(19,20)21)16(26)22-9-14(24)23-13(15(25)17(2)10-27-17)8-12-6-4-3-5-7-12;1-7-3-5-8(9-2)6-4-7/h3-7,11,13H,8-10H2,1-2H3,(H,22,26)(H,23,24);3-6H,1-2H3/t11?,13?,17-;/m1./s1. The van der Waals surface area contributed by atoms with Crippen LogP contribution in [0, 0.1) is 12.8 Å². The van der Waals surface area contributed by atoms with Crippen molar-refractivity contribution in [2.45, 2.75) is 45.0 Å². The van der Waals surface area contributed by atoms with E-state index in [1.165, 1.54) is 5.56 Å². The second kappa shape index (κ2) is 12.5. The molecule has 2 unspecified atom stereocenters. The Kier molecular flexibility index (Phi) is 10.0. The van der Waals surface area contributed by atoms with Gasteiger partial charge in [-0.1, -0.05) is 48.0 Å². The maximum Gasteiger partial charge on any atom is 0.400 e. The van der Waals surface area contributed by atoms with Gasteiger partial charge in [-0.15, -0.1) is 0 Å². The van der Waals surface area contributed by atoms with Gasteiger partial charge in [0.05, 0.1) is 26.3 Å². The number of carbonyl (C=O) groups excluding carboxylic acids is 3. The summed E-state index contributed by atoms with van der Waals surface area (Å²) in [5, 5.41) is 4.42. The number of nitrogens with one attached hydrogen (secondary N) is 2. The minimum atomic E-state index is -4.69. The van der Waals surface area contributed by atoms with Crippen LogP contribution in [0.15, 0.2) is 54.6 Å². The quantitative estimate of drug-likeness (QED) is 0.506. The minimum absolute atomic E-state index is 0.206. The maximum absolute atomic E-state index is 12.6. The number of hydrogen-bond acceptors (Lipinski definition) is 5. The van der Waals surface area contributed by atoms with E-state index >= 15 is 0 Å². The van der Waals surface area contributed by atoms with Gasteiger partial charge in [0.15, 0.2) is 5.78 Å². The fourth-order valence-corrected chi connectivity index (χ4v) is 3.07. The van der Waals surface area contributed by atoms with Crippen LogP contribution in [0.4, 0.5) is 13.2 Å². The summed E-state index contributed by atoms with van der Waals surface area (Å²) < 4.78 is 47.6. The van der Waals surface area contributed by atoms with Crippen molar-refractivity contribution < 1.29 is 37.0 Å². The van der Waals surface area contributed by atoms with E-state index in [-0.39, 0.29) is 18.8 Å². The average molecular weight is 509 g/mol. The van der Waals surface area contributed by atoms with Crippen molar-refractivity contribution in [2.75, 3.05) is 20.3 Å². The van der Waals surface area contributed by atoms with Crippen LogP contribution in [0.2, 0.25) is 0 Å². The van der Waals surface area contributed by atoms with E-state index in [0.717, 1.165) is 11.3 Å². The van der Waals surface area contributed by atoms with E-state index in [2.05, 4.69) is 12.2 Å². The highest BCUT2D eigenvalue weighted by molar-refractivity contribution is 5.97. The van der Waals surface area contributed by atoms with Gasteiger partial charge < -0.3 is 20.1 Å². The zero-order valence-corrected chi connectivity index (χ0v) is 20.6. The number of amides is 2. The predicted octanol–water partition coefficient (Wildman–Crippen LogP) is 3.39. The van der Waals surface area contributed by atoms with Gasteiger partial charge in [-0.3, -0.25) is 14.4 Å². The summed E-state index contributed by atoms with van der Waals surface area (Å²) in [4.78, 5) is 36.1. The number of rotatable bonds is 9. The first-order valence-corrected chi connectivity index (χ1v) is 11.3. The lowest BCUT2D eigenvalue weighted by molar-refractivity contribution is -0.179. The Morgan fingerprint density at radius 1 is 1.08 bits per heavy atom. The molecule has 7 nitrogen and oxygen atoms in total. The molecule has 0 spiro atoms. The van der Waals surface area contributed by atoms with Gasteiger partial charge in [0, 0.05) is 0 Å². The number of ketones is 1. The number of carbonyl (C=O) groups is 3. The Morgan fingerprint density at radius 2 is 1.67 bits per heavy atom. The molecule has 0 saturated carbocycles. The lowest BCUT2D eigenvalue weighted by Gasteiger charge is -2.20. The number of halogens is 3. The monoisotopic (exact) mass is 508 g/mol. The first-order chi connectivity index (χ1) is 16.9. The fourth-order valence-electron chi connectivity index (χ4n) is 3.07. The van der Waals surface area contributed by atoms with Crippen molar-refractivity contribution >= 4 is 17.6 Å². The second-order valence-electron chi connectivity index (χ2n) is 8.69. The van der Waals surface area contributed by atoms with Crippen LogP contribution in [-0.2, 0) is 25.5 Å². The number of methoxy groups -OCH3 is 1. The van der Waals surface area contributed by atoms with E-state index in [4.69, 9.17) is 9.47 Å². The molecule has 196 valence electrons. The average Bonchev–Trinajstić information content (AvgIpc) is 3.60. The second-order valence-corrected chi connectivity index (χ2v) is 8.69. The van der Waals surface area contributed by atoms with Crippen LogP contribution in [0.3, 0.4) is 0 Å². The summed E-state index contributed by atoms with van der Waals surface area (Å²) >= 11 is 0. The van der Waals surface area contributed by atoms with Crippen molar-refractivity contribution in [3.05, 3.63) is 65.7 Å². The number of epoxide rings is 1. The molecule has 3 atom stereocenters. The molecule has 2 N–H and O–H groups in total. The molecule has 2 aromatic carbocycles. The maximum atomic E-state index is 12.6. The van der Waals surface area contributed by atoms with Gasteiger partial charge in [0.1, 0.15) is 17.3 Å². The third-order valence-electron chi connectivity index (χ3n) is 5.60. The first kappa shape index (κ1) is 28.8. The Labute approximate surface area is 208 Å². The third-order valence-corrected chi connectivity index (χ3v) is 5.60. The smallest absolute Gasteiger partial charge is 0.400 e. The molecule has 1 aliphatic rings. The van der Waals surface area contributed by atoms with Crippen molar-refractivity contribution in [1.82, 2.24) is 10.6 Å². The van der Waals surface area contributed by atoms with Crippen LogP contribution in [0.5, 0.6) is 5.75 Å². The molecular formula is C26H31F3N2O5. The summed E-state index contributed by atoms with van der Waals surface area (Å²) in [5.74, 6) is -3.70. The topological polar surface area (TPSA) is 97.0 Å². The molecule has 0 radical (unpaired) electrons. The molecule has 1 aliphatic heterocycles. The van der Waals surface area contributed by atoms with Gasteiger partial charge in [-0.25, -0.2) is 0 Å². The largest absolute Gasteiger partial charge is 0.497 e. The molecule has 1 fully saturated rings. The van der Waals surface area contributed by atoms with Gasteiger partial charge >= 0.3 is 6.18 Å². The molecule has 10 heteroatoms. The number of aryl methyl sites for hydroxylation is 1. The SMILES string of the molecule is CC(C(=O)NCC(=O)NC(Cc1ccccc1)C(=O)[C@@]1(C)CO1)C(F)(F)F.COc1ccc(C)cc1. The molecule has 36 heavy (non-hydrogen) atoms. The molecular weight excluding hydrogens is 477 g/mol. The molecule has 0 aliphatic carbocycles. The van der Waals surface area contributed by atoms with Gasteiger partial charge in [0.25, 0.3) is 0 Å². The number of ether oxygens (including phenoxy) is 2. The summed E-state index contributed by atoms with van der Waals surface area (Å²) in [7, 11) is 1.67.